The summed E-state index contributed by atoms with van der Waals surface area (Å²) < 4.78 is 66.1. The van der Waals surface area contributed by atoms with Gasteiger partial charge in [0.15, 0.2) is 0 Å². The molecule has 6 heteroatoms. The molecule has 1 nitrogen and oxygen atoms in total. The van der Waals surface area contributed by atoms with E-state index in [0.29, 0.717) is 17.3 Å². The van der Waals surface area contributed by atoms with E-state index < -0.39 is 29.3 Å². The van der Waals surface area contributed by atoms with Gasteiger partial charge in [-0.2, -0.15) is 13.2 Å². The SMILES string of the molecule is C=C/C=C(\C=C)C[C@@H](c1cc(F)cc(C(F)(F)F)c1)c1ccc(F)cn1. The van der Waals surface area contributed by atoms with Gasteiger partial charge in [-0.25, -0.2) is 8.78 Å². The standard InChI is InChI=1S/C20H16F5N/c1-3-5-13(4-2)8-18(19-7-6-16(21)12-26-19)14-9-15(20(23,24)25)11-17(22)10-14/h3-7,9-12,18H,1-2,8H2/b13-5+/t18-/m0/s1. The molecule has 2 aromatic rings. The van der Waals surface area contributed by atoms with Gasteiger partial charge in [-0.3, -0.25) is 4.98 Å². The van der Waals surface area contributed by atoms with Crippen LogP contribution < -0.4 is 0 Å². The Balaban J connectivity index is 2.58. The molecule has 2 rings (SSSR count). The highest BCUT2D eigenvalue weighted by Gasteiger charge is 2.32. The van der Waals surface area contributed by atoms with Crippen LogP contribution in [-0.4, -0.2) is 4.98 Å². The molecule has 1 atom stereocenters. The van der Waals surface area contributed by atoms with Crippen LogP contribution in [0, 0.1) is 11.6 Å². The minimum absolute atomic E-state index is 0.0910. The van der Waals surface area contributed by atoms with Crippen LogP contribution >= 0.6 is 0 Å². The van der Waals surface area contributed by atoms with Crippen LogP contribution in [0.2, 0.25) is 0 Å². The average Bonchev–Trinajstić information content (AvgIpc) is 2.58. The first-order valence-electron chi connectivity index (χ1n) is 7.67. The minimum atomic E-state index is -4.68. The molecule has 0 saturated carbocycles. The maximum absolute atomic E-state index is 13.8. The summed E-state index contributed by atoms with van der Waals surface area (Å²) in [6, 6.07) is 4.87. The number of rotatable bonds is 6. The topological polar surface area (TPSA) is 12.9 Å². The molecule has 26 heavy (non-hydrogen) atoms. The van der Waals surface area contributed by atoms with Gasteiger partial charge >= 0.3 is 6.18 Å². The molecular formula is C20H16F5N. The Labute approximate surface area is 148 Å². The highest BCUT2D eigenvalue weighted by molar-refractivity contribution is 5.37. The van der Waals surface area contributed by atoms with E-state index in [1.54, 1.807) is 6.08 Å². The summed E-state index contributed by atoms with van der Waals surface area (Å²) >= 11 is 0. The zero-order valence-electron chi connectivity index (χ0n) is 13.7. The first-order chi connectivity index (χ1) is 12.2. The van der Waals surface area contributed by atoms with Crippen LogP contribution in [0.3, 0.4) is 0 Å². The van der Waals surface area contributed by atoms with Crippen molar-refractivity contribution in [3.63, 3.8) is 0 Å². The number of hydrogen-bond acceptors (Lipinski definition) is 1. The van der Waals surface area contributed by atoms with Crippen molar-refractivity contribution >= 4 is 0 Å². The lowest BCUT2D eigenvalue weighted by Crippen LogP contribution is -2.10. The molecule has 1 aromatic heterocycles. The zero-order valence-corrected chi connectivity index (χ0v) is 13.7. The van der Waals surface area contributed by atoms with Crippen LogP contribution in [-0.2, 0) is 6.18 Å². The van der Waals surface area contributed by atoms with Gasteiger partial charge in [-0.15, -0.1) is 0 Å². The van der Waals surface area contributed by atoms with Crippen molar-refractivity contribution in [1.29, 1.82) is 0 Å². The summed E-state index contributed by atoms with van der Waals surface area (Å²) in [5, 5.41) is 0. The first-order valence-corrected chi connectivity index (χ1v) is 7.67. The van der Waals surface area contributed by atoms with Crippen molar-refractivity contribution in [1.82, 2.24) is 4.98 Å². The normalized spacial score (nSPS) is 13.3. The highest BCUT2D eigenvalue weighted by Crippen LogP contribution is 2.36. The van der Waals surface area contributed by atoms with Gasteiger partial charge in [-0.1, -0.05) is 31.4 Å². The lowest BCUT2D eigenvalue weighted by atomic mass is 9.87. The van der Waals surface area contributed by atoms with Gasteiger partial charge in [0.1, 0.15) is 11.6 Å². The second kappa shape index (κ2) is 8.08. The molecule has 0 aliphatic rings. The van der Waals surface area contributed by atoms with Crippen molar-refractivity contribution in [2.75, 3.05) is 0 Å². The first kappa shape index (κ1) is 19.6. The van der Waals surface area contributed by atoms with Gasteiger partial charge in [0.05, 0.1) is 11.8 Å². The molecule has 0 saturated heterocycles. The molecule has 0 unspecified atom stereocenters. The second-order valence-corrected chi connectivity index (χ2v) is 5.61. The van der Waals surface area contributed by atoms with E-state index in [0.717, 1.165) is 24.4 Å². The average molecular weight is 365 g/mol. The van der Waals surface area contributed by atoms with Gasteiger partial charge in [0, 0.05) is 11.6 Å². The maximum Gasteiger partial charge on any atom is 0.416 e. The summed E-state index contributed by atoms with van der Waals surface area (Å²) in [5.74, 6) is -2.29. The number of aromatic nitrogens is 1. The van der Waals surface area contributed by atoms with Gasteiger partial charge < -0.3 is 0 Å². The van der Waals surface area contributed by atoms with E-state index in [2.05, 4.69) is 18.1 Å². The number of nitrogens with zero attached hydrogens (tertiary/aromatic N) is 1. The quantitative estimate of drug-likeness (QED) is 0.439. The summed E-state index contributed by atoms with van der Waals surface area (Å²) in [7, 11) is 0. The summed E-state index contributed by atoms with van der Waals surface area (Å²) in [4.78, 5) is 3.96. The third-order valence-electron chi connectivity index (χ3n) is 3.79. The Morgan fingerprint density at radius 3 is 2.35 bits per heavy atom. The molecule has 1 aromatic carbocycles. The minimum Gasteiger partial charge on any atom is -0.258 e. The van der Waals surface area contributed by atoms with Crippen molar-refractivity contribution in [2.24, 2.45) is 0 Å². The van der Waals surface area contributed by atoms with Crippen molar-refractivity contribution < 1.29 is 22.0 Å². The molecule has 0 N–H and O–H groups in total. The number of alkyl halides is 3. The fourth-order valence-electron chi connectivity index (χ4n) is 2.57. The van der Waals surface area contributed by atoms with E-state index in [1.165, 1.54) is 18.2 Å². The predicted octanol–water partition coefficient (Wildman–Crippen LogP) is 6.20. The molecular weight excluding hydrogens is 349 g/mol. The zero-order chi connectivity index (χ0) is 19.3. The lowest BCUT2D eigenvalue weighted by molar-refractivity contribution is -0.137. The van der Waals surface area contributed by atoms with E-state index >= 15 is 0 Å². The van der Waals surface area contributed by atoms with Crippen molar-refractivity contribution in [2.45, 2.75) is 18.5 Å². The Morgan fingerprint density at radius 2 is 1.81 bits per heavy atom. The molecule has 0 spiro atoms. The molecule has 0 amide bonds. The largest absolute Gasteiger partial charge is 0.416 e. The van der Waals surface area contributed by atoms with E-state index in [-0.39, 0.29) is 12.0 Å². The third kappa shape index (κ3) is 4.88. The summed E-state index contributed by atoms with van der Waals surface area (Å²) in [6.07, 6.45) is 1.18. The molecule has 136 valence electrons. The monoisotopic (exact) mass is 365 g/mol. The summed E-state index contributed by atoms with van der Waals surface area (Å²) in [5.41, 5.74) is -0.00316. The molecule has 0 radical (unpaired) electrons. The fourth-order valence-corrected chi connectivity index (χ4v) is 2.57. The smallest absolute Gasteiger partial charge is 0.258 e. The van der Waals surface area contributed by atoms with E-state index in [1.807, 2.05) is 0 Å². The van der Waals surface area contributed by atoms with Crippen molar-refractivity contribution in [3.05, 3.63) is 102 Å². The Kier molecular flexibility index (Phi) is 6.08. The molecule has 0 aliphatic heterocycles. The lowest BCUT2D eigenvalue weighted by Gasteiger charge is -2.19. The van der Waals surface area contributed by atoms with Gasteiger partial charge in [0.25, 0.3) is 0 Å². The number of allylic oxidation sites excluding steroid dienone is 4. The van der Waals surface area contributed by atoms with Gasteiger partial charge in [-0.05, 0) is 47.9 Å². The fraction of sp³-hybridized carbons (Fsp3) is 0.150. The molecule has 0 bridgehead atoms. The Hall–Kier alpha value is -2.76. The van der Waals surface area contributed by atoms with Crippen LogP contribution in [0.25, 0.3) is 0 Å². The van der Waals surface area contributed by atoms with Crippen molar-refractivity contribution in [3.8, 4) is 0 Å². The van der Waals surface area contributed by atoms with Crippen LogP contribution in [0.1, 0.15) is 29.2 Å². The number of benzene rings is 1. The van der Waals surface area contributed by atoms with Crippen LogP contribution in [0.4, 0.5) is 22.0 Å². The molecule has 1 heterocycles. The maximum atomic E-state index is 13.8. The van der Waals surface area contributed by atoms with Crippen LogP contribution in [0.5, 0.6) is 0 Å². The van der Waals surface area contributed by atoms with Gasteiger partial charge in [0.2, 0.25) is 0 Å². The Bertz CT molecular complexity index is 819. The van der Waals surface area contributed by atoms with Crippen LogP contribution in [0.15, 0.2) is 73.5 Å². The highest BCUT2D eigenvalue weighted by atomic mass is 19.4. The molecule has 0 fully saturated rings. The third-order valence-corrected chi connectivity index (χ3v) is 3.79. The van der Waals surface area contributed by atoms with E-state index in [4.69, 9.17) is 0 Å². The van der Waals surface area contributed by atoms with E-state index in [9.17, 15) is 22.0 Å². The number of pyridine rings is 1. The summed E-state index contributed by atoms with van der Waals surface area (Å²) in [6.45, 7) is 7.23. The number of halogens is 5. The number of hydrogen-bond donors (Lipinski definition) is 0. The predicted molar refractivity (Wildman–Crippen MR) is 90.5 cm³/mol. The Morgan fingerprint density at radius 1 is 1.08 bits per heavy atom. The molecule has 0 aliphatic carbocycles. The second-order valence-electron chi connectivity index (χ2n) is 5.61.